The van der Waals surface area contributed by atoms with Gasteiger partial charge in [-0.2, -0.15) is 0 Å². The molecule has 4 unspecified atom stereocenters. The lowest BCUT2D eigenvalue weighted by molar-refractivity contribution is -0.133. The summed E-state index contributed by atoms with van der Waals surface area (Å²) >= 11 is 3.09. The third-order valence-electron chi connectivity index (χ3n) is 5.35. The lowest BCUT2D eigenvalue weighted by Crippen LogP contribution is -2.51. The smallest absolute Gasteiger partial charge is 0.317 e. The summed E-state index contributed by atoms with van der Waals surface area (Å²) in [4.78, 5) is 23.7. The zero-order valence-electron chi connectivity index (χ0n) is 23.2. The molecule has 12 heteroatoms. The van der Waals surface area contributed by atoms with E-state index in [0.717, 1.165) is 35.0 Å². The number of ether oxygens (including phenoxy) is 1. The maximum Gasteiger partial charge on any atom is 0.317 e. The summed E-state index contributed by atoms with van der Waals surface area (Å²) in [5.41, 5.74) is 2.59. The lowest BCUT2D eigenvalue weighted by Gasteiger charge is -2.25. The van der Waals surface area contributed by atoms with Crippen LogP contribution in [0.25, 0.3) is 0 Å². The number of amides is 2. The molecule has 37 heavy (non-hydrogen) atoms. The van der Waals surface area contributed by atoms with Crippen molar-refractivity contribution in [1.82, 2.24) is 30.8 Å². The molecule has 0 spiro atoms. The predicted molar refractivity (Wildman–Crippen MR) is 151 cm³/mol. The van der Waals surface area contributed by atoms with Crippen molar-refractivity contribution in [2.45, 2.75) is 98.1 Å². The zero-order chi connectivity index (χ0) is 27.8. The van der Waals surface area contributed by atoms with Crippen LogP contribution in [0.4, 0.5) is 4.79 Å². The van der Waals surface area contributed by atoms with Crippen LogP contribution in [0.15, 0.2) is 17.1 Å². The Kier molecular flexibility index (Phi) is 16.7. The van der Waals surface area contributed by atoms with Gasteiger partial charge >= 0.3 is 6.03 Å². The van der Waals surface area contributed by atoms with Crippen LogP contribution >= 0.6 is 22.7 Å². The third kappa shape index (κ3) is 13.6. The predicted octanol–water partition coefficient (Wildman–Crippen LogP) is 3.48. The quantitative estimate of drug-likeness (QED) is 0.156. The standard InChI is InChI=1S/C23H40N6O4S2.C2H6/c1-15(2)21-27-18(13-34-21)11-29(5)22(31)28-20(17(4)30)10-24-8-6-7-16(3)26-23(32)33-12-19-9-25-14-35-19;1-2/h9,13-17,20,23-24,26,30,32H,6-8,10-12H2,1-5H3,(H,28,31);1-2H3. The molecule has 2 rings (SSSR count). The molecule has 2 heterocycles. The highest BCUT2D eigenvalue weighted by atomic mass is 32.1. The van der Waals surface area contributed by atoms with Crippen molar-refractivity contribution < 1.29 is 19.7 Å². The fraction of sp³-hybridized carbons (Fsp3) is 0.720. The van der Waals surface area contributed by atoms with E-state index in [1.807, 2.05) is 26.2 Å². The molecule has 0 aliphatic rings. The van der Waals surface area contributed by atoms with Crippen LogP contribution in [0.5, 0.6) is 0 Å². The minimum absolute atomic E-state index is 0.0658. The number of nitrogens with one attached hydrogen (secondary N) is 3. The van der Waals surface area contributed by atoms with Crippen molar-refractivity contribution in [1.29, 1.82) is 0 Å². The van der Waals surface area contributed by atoms with Crippen LogP contribution in [0.2, 0.25) is 0 Å². The monoisotopic (exact) mass is 558 g/mol. The van der Waals surface area contributed by atoms with Gasteiger partial charge in [-0.1, -0.05) is 27.7 Å². The van der Waals surface area contributed by atoms with E-state index in [0.29, 0.717) is 25.6 Å². The highest BCUT2D eigenvalue weighted by molar-refractivity contribution is 7.09. The number of aliphatic hydroxyl groups excluding tert-OH is 2. The van der Waals surface area contributed by atoms with E-state index in [1.165, 1.54) is 11.3 Å². The maximum absolute atomic E-state index is 12.6. The summed E-state index contributed by atoms with van der Waals surface area (Å²) in [6.07, 6.45) is 1.68. The summed E-state index contributed by atoms with van der Waals surface area (Å²) < 4.78 is 5.37. The van der Waals surface area contributed by atoms with Gasteiger partial charge in [0, 0.05) is 37.1 Å². The van der Waals surface area contributed by atoms with E-state index in [1.54, 1.807) is 41.9 Å². The fourth-order valence-corrected chi connectivity index (χ4v) is 4.57. The minimum atomic E-state index is -1.03. The van der Waals surface area contributed by atoms with Crippen LogP contribution in [-0.2, 0) is 17.9 Å². The molecule has 2 amide bonds. The van der Waals surface area contributed by atoms with Crippen LogP contribution in [0, 0.1) is 0 Å². The van der Waals surface area contributed by atoms with Gasteiger partial charge in [0.2, 0.25) is 6.41 Å². The molecule has 2 aromatic heterocycles. The van der Waals surface area contributed by atoms with Crippen molar-refractivity contribution in [2.75, 3.05) is 20.1 Å². The van der Waals surface area contributed by atoms with E-state index in [4.69, 9.17) is 4.74 Å². The highest BCUT2D eigenvalue weighted by Crippen LogP contribution is 2.19. The van der Waals surface area contributed by atoms with Crippen molar-refractivity contribution in [2.24, 2.45) is 0 Å². The third-order valence-corrected chi connectivity index (χ3v) is 7.30. The molecule has 0 aliphatic heterocycles. The van der Waals surface area contributed by atoms with Gasteiger partial charge in [0.1, 0.15) is 0 Å². The van der Waals surface area contributed by atoms with Crippen LogP contribution < -0.4 is 16.0 Å². The summed E-state index contributed by atoms with van der Waals surface area (Å²) in [7, 11) is 1.72. The summed E-state index contributed by atoms with van der Waals surface area (Å²) in [5.74, 6) is 0.366. The molecule has 0 fully saturated rings. The van der Waals surface area contributed by atoms with E-state index in [-0.39, 0.29) is 12.1 Å². The number of carbonyl (C=O) groups is 1. The number of thiazole rings is 2. The molecule has 0 saturated carbocycles. The first-order valence-electron chi connectivity index (χ1n) is 12.9. The van der Waals surface area contributed by atoms with Gasteiger partial charge in [0.25, 0.3) is 0 Å². The average Bonchev–Trinajstić information content (AvgIpc) is 3.55. The average molecular weight is 559 g/mol. The van der Waals surface area contributed by atoms with E-state index >= 15 is 0 Å². The number of hydrogen-bond acceptors (Lipinski definition) is 10. The Morgan fingerprint density at radius 1 is 1.19 bits per heavy atom. The lowest BCUT2D eigenvalue weighted by atomic mass is 10.1. The SMILES string of the molecule is CC.CC(CCCNCC(NC(=O)N(C)Cc1csc(C(C)C)n1)C(C)O)NC(O)OCc1cncs1. The molecule has 10 nitrogen and oxygen atoms in total. The second-order valence-electron chi connectivity index (χ2n) is 9.03. The van der Waals surface area contributed by atoms with Gasteiger partial charge in [-0.15, -0.1) is 22.7 Å². The summed E-state index contributed by atoms with van der Waals surface area (Å²) in [5, 5.41) is 32.3. The first-order chi connectivity index (χ1) is 17.7. The Bertz CT molecular complexity index is 850. The molecule has 5 N–H and O–H groups in total. The Morgan fingerprint density at radius 2 is 1.92 bits per heavy atom. The number of rotatable bonds is 16. The number of aliphatic hydroxyl groups is 2. The van der Waals surface area contributed by atoms with Crippen molar-refractivity contribution in [3.05, 3.63) is 32.7 Å². The zero-order valence-corrected chi connectivity index (χ0v) is 24.9. The van der Waals surface area contributed by atoms with Gasteiger partial charge in [-0.05, 0) is 33.2 Å². The number of hydrogen-bond donors (Lipinski definition) is 5. The molecule has 212 valence electrons. The van der Waals surface area contributed by atoms with Crippen molar-refractivity contribution in [3.63, 3.8) is 0 Å². The number of carbonyl (C=O) groups excluding carboxylic acids is 1. The Balaban J connectivity index is 0.00000334. The molecule has 0 aromatic carbocycles. The summed E-state index contributed by atoms with van der Waals surface area (Å²) in [6.45, 7) is 13.8. The second kappa shape index (κ2) is 18.6. The largest absolute Gasteiger partial charge is 0.391 e. The Morgan fingerprint density at radius 3 is 2.51 bits per heavy atom. The fourth-order valence-electron chi connectivity index (χ4n) is 3.23. The first-order valence-corrected chi connectivity index (χ1v) is 14.7. The molecular formula is C25H46N6O4S2. The van der Waals surface area contributed by atoms with Crippen molar-refractivity contribution in [3.8, 4) is 0 Å². The topological polar surface area (TPSA) is 132 Å². The molecule has 0 aliphatic carbocycles. The van der Waals surface area contributed by atoms with E-state index in [9.17, 15) is 15.0 Å². The van der Waals surface area contributed by atoms with Crippen LogP contribution in [0.1, 0.15) is 75.9 Å². The van der Waals surface area contributed by atoms with Gasteiger partial charge in [-0.25, -0.2) is 9.78 Å². The number of aromatic nitrogens is 2. The van der Waals surface area contributed by atoms with Gasteiger partial charge < -0.3 is 30.5 Å². The Labute approximate surface area is 229 Å². The van der Waals surface area contributed by atoms with Crippen LogP contribution in [0.3, 0.4) is 0 Å². The number of nitrogens with zero attached hydrogens (tertiary/aromatic N) is 3. The normalized spacial score (nSPS) is 14.4. The molecule has 0 bridgehead atoms. The van der Waals surface area contributed by atoms with Crippen molar-refractivity contribution >= 4 is 28.7 Å². The molecular weight excluding hydrogens is 512 g/mol. The van der Waals surface area contributed by atoms with E-state index in [2.05, 4.69) is 39.8 Å². The number of urea groups is 1. The molecule has 0 saturated heterocycles. The first kappa shape index (κ1) is 33.4. The van der Waals surface area contributed by atoms with Gasteiger partial charge in [-0.3, -0.25) is 10.3 Å². The van der Waals surface area contributed by atoms with E-state index < -0.39 is 18.6 Å². The minimum Gasteiger partial charge on any atom is -0.391 e. The summed E-state index contributed by atoms with van der Waals surface area (Å²) in [6, 6.07) is -0.595. The Hall–Kier alpha value is -1.67. The molecule has 2 aromatic rings. The second-order valence-corrected chi connectivity index (χ2v) is 10.9. The highest BCUT2D eigenvalue weighted by Gasteiger charge is 2.20. The molecule has 0 radical (unpaired) electrons. The molecule has 4 atom stereocenters. The van der Waals surface area contributed by atoms with Gasteiger partial charge in [0.15, 0.2) is 0 Å². The van der Waals surface area contributed by atoms with Crippen LogP contribution in [-0.4, -0.2) is 75.9 Å². The maximum atomic E-state index is 12.6. The van der Waals surface area contributed by atoms with Gasteiger partial charge in [0.05, 0.1) is 46.4 Å².